The maximum Gasteiger partial charge on any atom is 0.573 e. The van der Waals surface area contributed by atoms with Crippen LogP contribution in [-0.2, 0) is 11.2 Å². The van der Waals surface area contributed by atoms with Gasteiger partial charge in [0.2, 0.25) is 0 Å². The predicted molar refractivity (Wildman–Crippen MR) is 54.1 cm³/mol. The Labute approximate surface area is 99.5 Å². The number of hydroxylamine groups is 1. The zero-order chi connectivity index (χ0) is 13.5. The van der Waals surface area contributed by atoms with Gasteiger partial charge in [-0.2, -0.15) is 5.06 Å². The van der Waals surface area contributed by atoms with Gasteiger partial charge >= 0.3 is 6.36 Å². The molecule has 0 saturated heterocycles. The Morgan fingerprint density at radius 1 is 1.44 bits per heavy atom. The summed E-state index contributed by atoms with van der Waals surface area (Å²) in [4.78, 5) is 11.3. The summed E-state index contributed by atoms with van der Waals surface area (Å²) in [6, 6.07) is 2.29. The highest BCUT2D eigenvalue weighted by molar-refractivity contribution is 5.98. The van der Waals surface area contributed by atoms with Gasteiger partial charge in [-0.15, -0.1) is 13.2 Å². The number of nitrogens with zero attached hydrogens (tertiary/aromatic N) is 1. The third kappa shape index (κ3) is 2.39. The third-order valence-corrected chi connectivity index (χ3v) is 2.48. The van der Waals surface area contributed by atoms with Crippen molar-refractivity contribution in [2.45, 2.75) is 18.8 Å². The average molecular weight is 262 g/mol. The van der Waals surface area contributed by atoms with Crippen LogP contribution >= 0.6 is 0 Å². The van der Waals surface area contributed by atoms with E-state index in [2.05, 4.69) is 4.74 Å². The fourth-order valence-corrected chi connectivity index (χ4v) is 1.73. The molecule has 0 aromatic heterocycles. The van der Waals surface area contributed by atoms with E-state index >= 15 is 0 Å². The molecular formula is C10H9F3N2O3. The molecular weight excluding hydrogens is 253 g/mol. The van der Waals surface area contributed by atoms with Gasteiger partial charge in [-0.3, -0.25) is 10.0 Å². The molecule has 5 nitrogen and oxygen atoms in total. The second-order valence-corrected chi connectivity index (χ2v) is 3.80. The lowest BCUT2D eigenvalue weighted by Crippen LogP contribution is -2.47. The molecule has 1 heterocycles. The van der Waals surface area contributed by atoms with E-state index in [1.54, 1.807) is 0 Å². The van der Waals surface area contributed by atoms with E-state index in [4.69, 9.17) is 5.73 Å². The number of nitrogens with two attached hydrogens (primary N) is 1. The van der Waals surface area contributed by atoms with Crippen LogP contribution < -0.4 is 15.5 Å². The highest BCUT2D eigenvalue weighted by Crippen LogP contribution is 2.31. The first-order chi connectivity index (χ1) is 8.28. The monoisotopic (exact) mass is 262 g/mol. The number of amides is 1. The summed E-state index contributed by atoms with van der Waals surface area (Å²) in [5.74, 6) is -1.12. The summed E-state index contributed by atoms with van der Waals surface area (Å²) in [7, 11) is 0. The smallest absolute Gasteiger partial charge is 0.406 e. The molecule has 1 aliphatic heterocycles. The lowest BCUT2D eigenvalue weighted by molar-refractivity contribution is -0.274. The number of hydrogen-bond donors (Lipinski definition) is 2. The van der Waals surface area contributed by atoms with E-state index in [0.29, 0.717) is 10.6 Å². The molecule has 2 rings (SSSR count). The first-order valence-corrected chi connectivity index (χ1v) is 4.95. The van der Waals surface area contributed by atoms with E-state index < -0.39 is 24.1 Å². The molecule has 1 amide bonds. The largest absolute Gasteiger partial charge is 0.573 e. The summed E-state index contributed by atoms with van der Waals surface area (Å²) in [5.41, 5.74) is 5.87. The van der Waals surface area contributed by atoms with Crippen LogP contribution in [0, 0.1) is 0 Å². The number of ether oxygens (including phenoxy) is 1. The SMILES string of the molecule is N[C@H]1Cc2cc(OC(F)(F)F)ccc2N(O)C1=O. The molecule has 0 unspecified atom stereocenters. The number of rotatable bonds is 1. The quantitative estimate of drug-likeness (QED) is 0.745. The van der Waals surface area contributed by atoms with Crippen LogP contribution in [0.15, 0.2) is 18.2 Å². The molecule has 0 saturated carbocycles. The molecule has 1 atom stereocenters. The minimum atomic E-state index is -4.79. The summed E-state index contributed by atoms with van der Waals surface area (Å²) >= 11 is 0. The van der Waals surface area contributed by atoms with Crippen molar-refractivity contribution < 1.29 is 27.9 Å². The Hall–Kier alpha value is -1.80. The van der Waals surface area contributed by atoms with Crippen molar-refractivity contribution in [1.29, 1.82) is 0 Å². The first kappa shape index (κ1) is 12.7. The lowest BCUT2D eigenvalue weighted by Gasteiger charge is -2.27. The van der Waals surface area contributed by atoms with Crippen LogP contribution in [0.5, 0.6) is 5.75 Å². The van der Waals surface area contributed by atoms with E-state index in [0.717, 1.165) is 12.1 Å². The standard InChI is InChI=1S/C10H9F3N2O3/c11-10(12,13)18-6-1-2-8-5(3-6)4-7(14)9(16)15(8)17/h1-3,7,17H,4,14H2/t7-/m0/s1. The fraction of sp³-hybridized carbons (Fsp3) is 0.300. The topological polar surface area (TPSA) is 75.8 Å². The normalized spacial score (nSPS) is 19.7. The van der Waals surface area contributed by atoms with Gasteiger partial charge in [0.25, 0.3) is 5.91 Å². The molecule has 0 bridgehead atoms. The van der Waals surface area contributed by atoms with Crippen molar-refractivity contribution in [2.75, 3.05) is 5.06 Å². The maximum atomic E-state index is 12.0. The van der Waals surface area contributed by atoms with Gasteiger partial charge in [0.1, 0.15) is 5.75 Å². The van der Waals surface area contributed by atoms with E-state index in [1.807, 2.05) is 0 Å². The maximum absolute atomic E-state index is 12.0. The summed E-state index contributed by atoms with van der Waals surface area (Å²) in [6.45, 7) is 0. The minimum absolute atomic E-state index is 0.0419. The predicted octanol–water partition coefficient (Wildman–Crippen LogP) is 1.19. The zero-order valence-corrected chi connectivity index (χ0v) is 8.94. The number of carbonyl (C=O) groups is 1. The Kier molecular flexibility index (Phi) is 2.91. The minimum Gasteiger partial charge on any atom is -0.406 e. The summed E-state index contributed by atoms with van der Waals surface area (Å²) in [6.07, 6.45) is -4.75. The zero-order valence-electron chi connectivity index (χ0n) is 8.94. The molecule has 18 heavy (non-hydrogen) atoms. The molecule has 0 aliphatic carbocycles. The van der Waals surface area contributed by atoms with Crippen molar-refractivity contribution in [1.82, 2.24) is 0 Å². The number of benzene rings is 1. The van der Waals surface area contributed by atoms with E-state index in [-0.39, 0.29) is 12.1 Å². The number of alkyl halides is 3. The number of hydrogen-bond acceptors (Lipinski definition) is 4. The van der Waals surface area contributed by atoms with Gasteiger partial charge in [0, 0.05) is 0 Å². The Balaban J connectivity index is 2.33. The van der Waals surface area contributed by atoms with Crippen molar-refractivity contribution >= 4 is 11.6 Å². The third-order valence-electron chi connectivity index (χ3n) is 2.48. The second kappa shape index (κ2) is 4.14. The van der Waals surface area contributed by atoms with Crippen molar-refractivity contribution in [3.05, 3.63) is 23.8 Å². The number of carbonyl (C=O) groups excluding carboxylic acids is 1. The molecule has 0 spiro atoms. The van der Waals surface area contributed by atoms with Gasteiger partial charge in [0.05, 0.1) is 11.7 Å². The molecule has 1 aromatic rings. The highest BCUT2D eigenvalue weighted by Gasteiger charge is 2.33. The Morgan fingerprint density at radius 2 is 2.11 bits per heavy atom. The molecule has 0 radical (unpaired) electrons. The summed E-state index contributed by atoms with van der Waals surface area (Å²) in [5, 5.41) is 9.80. The molecule has 0 fully saturated rings. The van der Waals surface area contributed by atoms with Crippen LogP contribution in [0.3, 0.4) is 0 Å². The van der Waals surface area contributed by atoms with Crippen LogP contribution in [-0.4, -0.2) is 23.5 Å². The summed E-state index contributed by atoms with van der Waals surface area (Å²) < 4.78 is 39.8. The first-order valence-electron chi connectivity index (χ1n) is 4.95. The number of halogens is 3. The van der Waals surface area contributed by atoms with Crippen LogP contribution in [0.1, 0.15) is 5.56 Å². The van der Waals surface area contributed by atoms with Gasteiger partial charge in [-0.25, -0.2) is 0 Å². The number of fused-ring (bicyclic) bond motifs is 1. The molecule has 3 N–H and O–H groups in total. The van der Waals surface area contributed by atoms with E-state index in [9.17, 15) is 23.2 Å². The van der Waals surface area contributed by atoms with Gasteiger partial charge in [-0.05, 0) is 30.2 Å². The molecule has 98 valence electrons. The molecule has 1 aromatic carbocycles. The van der Waals surface area contributed by atoms with Crippen LogP contribution in [0.2, 0.25) is 0 Å². The molecule has 1 aliphatic rings. The number of anilines is 1. The Morgan fingerprint density at radius 3 is 2.72 bits per heavy atom. The van der Waals surface area contributed by atoms with Crippen molar-refractivity contribution in [2.24, 2.45) is 5.73 Å². The fourth-order valence-electron chi connectivity index (χ4n) is 1.73. The van der Waals surface area contributed by atoms with Gasteiger partial charge in [-0.1, -0.05) is 0 Å². The second-order valence-electron chi connectivity index (χ2n) is 3.80. The van der Waals surface area contributed by atoms with Crippen molar-refractivity contribution in [3.63, 3.8) is 0 Å². The Bertz CT molecular complexity index is 490. The lowest BCUT2D eigenvalue weighted by atomic mass is 9.99. The highest BCUT2D eigenvalue weighted by atomic mass is 19.4. The molecule has 8 heteroatoms. The van der Waals surface area contributed by atoms with Crippen LogP contribution in [0.25, 0.3) is 0 Å². The van der Waals surface area contributed by atoms with Crippen molar-refractivity contribution in [3.8, 4) is 5.75 Å². The van der Waals surface area contributed by atoms with Gasteiger partial charge < -0.3 is 10.5 Å². The van der Waals surface area contributed by atoms with Gasteiger partial charge in [0.15, 0.2) is 0 Å². The average Bonchev–Trinajstić information content (AvgIpc) is 2.23. The van der Waals surface area contributed by atoms with Crippen LogP contribution in [0.4, 0.5) is 18.9 Å². The van der Waals surface area contributed by atoms with E-state index in [1.165, 1.54) is 6.07 Å².